The van der Waals surface area contributed by atoms with E-state index in [9.17, 15) is 9.59 Å². The molecule has 1 aromatic heterocycles. The largest absolute Gasteiger partial charge is 0.353 e. The van der Waals surface area contributed by atoms with E-state index in [-0.39, 0.29) is 40.5 Å². The number of fused-ring (bicyclic) bond motifs is 1. The fraction of sp³-hybridized carbons (Fsp3) is 0.818. The lowest BCUT2D eigenvalue weighted by Gasteiger charge is -2.33. The summed E-state index contributed by atoms with van der Waals surface area (Å²) >= 11 is 0. The van der Waals surface area contributed by atoms with Crippen molar-refractivity contribution in [3.05, 3.63) is 11.7 Å². The second-order valence-electron chi connectivity index (χ2n) is 10.1. The van der Waals surface area contributed by atoms with E-state index in [2.05, 4.69) is 22.4 Å². The van der Waals surface area contributed by atoms with Crippen molar-refractivity contribution in [1.82, 2.24) is 20.4 Å². The molecule has 0 spiro atoms. The highest BCUT2D eigenvalue weighted by Gasteiger charge is 2.58. The van der Waals surface area contributed by atoms with Crippen molar-refractivity contribution in [3.63, 3.8) is 0 Å². The summed E-state index contributed by atoms with van der Waals surface area (Å²) in [5.41, 5.74) is -0.596. The van der Waals surface area contributed by atoms with Gasteiger partial charge in [0.15, 0.2) is 5.82 Å². The molecule has 0 aromatic carbocycles. The van der Waals surface area contributed by atoms with E-state index < -0.39 is 0 Å². The van der Waals surface area contributed by atoms with E-state index in [1.807, 2.05) is 25.7 Å². The van der Waals surface area contributed by atoms with Crippen molar-refractivity contribution in [2.45, 2.75) is 84.1 Å². The van der Waals surface area contributed by atoms with Gasteiger partial charge in [-0.25, -0.2) is 0 Å². The van der Waals surface area contributed by atoms with E-state index in [0.29, 0.717) is 24.8 Å². The van der Waals surface area contributed by atoms with Crippen molar-refractivity contribution >= 4 is 11.8 Å². The highest BCUT2D eigenvalue weighted by Crippen LogP contribution is 2.50. The van der Waals surface area contributed by atoms with Gasteiger partial charge in [0.1, 0.15) is 0 Å². The van der Waals surface area contributed by atoms with E-state index in [1.54, 1.807) is 0 Å². The van der Waals surface area contributed by atoms with Gasteiger partial charge in [0.25, 0.3) is 0 Å². The Labute approximate surface area is 173 Å². The number of carbonyl (C=O) groups excluding carboxylic acids is 2. The van der Waals surface area contributed by atoms with Crippen LogP contribution >= 0.6 is 0 Å². The number of nitrogens with zero attached hydrogens (tertiary/aromatic N) is 3. The summed E-state index contributed by atoms with van der Waals surface area (Å²) in [6, 6.07) is 0.0924. The van der Waals surface area contributed by atoms with E-state index in [1.165, 1.54) is 6.42 Å². The molecule has 7 nitrogen and oxygen atoms in total. The lowest BCUT2D eigenvalue weighted by atomic mass is 9.75. The van der Waals surface area contributed by atoms with Crippen LogP contribution in [0.3, 0.4) is 0 Å². The summed E-state index contributed by atoms with van der Waals surface area (Å²) in [6.45, 7) is 9.10. The number of likely N-dealkylation sites (tertiary alicyclic amines) is 1. The van der Waals surface area contributed by atoms with Gasteiger partial charge in [-0.2, -0.15) is 4.98 Å². The summed E-state index contributed by atoms with van der Waals surface area (Å²) in [6.07, 6.45) is 7.05. The molecule has 2 heterocycles. The molecule has 2 amide bonds. The standard InChI is InChI=1S/C22H34N4O3/c1-14(2)18(27)26-12-16-10-17(24-19(28)21(4)8-6-5-7-9-21)11-22(16,13-26)20-23-15(3)25-29-20/h14,16-17H,5-13H2,1-4H3,(H,24,28). The highest BCUT2D eigenvalue weighted by atomic mass is 16.5. The average Bonchev–Trinajstić information content (AvgIpc) is 3.34. The Balaban J connectivity index is 1.53. The summed E-state index contributed by atoms with van der Waals surface area (Å²) in [4.78, 5) is 32.2. The minimum Gasteiger partial charge on any atom is -0.353 e. The molecule has 3 fully saturated rings. The van der Waals surface area contributed by atoms with Crippen molar-refractivity contribution in [3.8, 4) is 0 Å². The predicted octanol–water partition coefficient (Wildman–Crippen LogP) is 2.98. The quantitative estimate of drug-likeness (QED) is 0.836. The molecule has 7 heteroatoms. The molecule has 29 heavy (non-hydrogen) atoms. The first-order valence-electron chi connectivity index (χ1n) is 11.1. The summed E-state index contributed by atoms with van der Waals surface area (Å²) in [7, 11) is 0. The van der Waals surface area contributed by atoms with Crippen LogP contribution in [0.4, 0.5) is 0 Å². The molecule has 1 aliphatic heterocycles. The fourth-order valence-corrected chi connectivity index (χ4v) is 5.76. The van der Waals surface area contributed by atoms with Gasteiger partial charge in [-0.3, -0.25) is 9.59 Å². The number of aryl methyl sites for hydroxylation is 1. The molecule has 2 saturated carbocycles. The van der Waals surface area contributed by atoms with Crippen LogP contribution in [0.15, 0.2) is 4.52 Å². The first kappa shape index (κ1) is 20.4. The lowest BCUT2D eigenvalue weighted by Crippen LogP contribution is -2.46. The van der Waals surface area contributed by atoms with Crippen molar-refractivity contribution in [2.24, 2.45) is 17.3 Å². The Kier molecular flexibility index (Phi) is 5.20. The van der Waals surface area contributed by atoms with Gasteiger partial charge in [-0.05, 0) is 38.5 Å². The monoisotopic (exact) mass is 402 g/mol. The van der Waals surface area contributed by atoms with Crippen LogP contribution in [0.25, 0.3) is 0 Å². The molecule has 1 aromatic rings. The van der Waals surface area contributed by atoms with E-state index in [4.69, 9.17) is 4.52 Å². The molecule has 3 unspecified atom stereocenters. The van der Waals surface area contributed by atoms with Crippen LogP contribution in [0, 0.1) is 24.2 Å². The third kappa shape index (κ3) is 3.57. The van der Waals surface area contributed by atoms with Crippen LogP contribution in [0.1, 0.15) is 77.4 Å². The summed E-state index contributed by atoms with van der Waals surface area (Å²) in [5, 5.41) is 7.37. The minimum atomic E-state index is -0.350. The van der Waals surface area contributed by atoms with Gasteiger partial charge in [0, 0.05) is 30.5 Å². The topological polar surface area (TPSA) is 88.3 Å². The average molecular weight is 403 g/mol. The third-order valence-corrected chi connectivity index (χ3v) is 7.47. The van der Waals surface area contributed by atoms with Gasteiger partial charge in [0.05, 0.1) is 5.41 Å². The van der Waals surface area contributed by atoms with Crippen LogP contribution in [0.5, 0.6) is 0 Å². The SMILES string of the molecule is Cc1noc(C23CC(NC(=O)C4(C)CCCCC4)CC2CN(C(=O)C(C)C)C3)n1. The second-order valence-corrected chi connectivity index (χ2v) is 10.1. The van der Waals surface area contributed by atoms with Crippen molar-refractivity contribution < 1.29 is 14.1 Å². The Morgan fingerprint density at radius 2 is 1.97 bits per heavy atom. The number of carbonyl (C=O) groups is 2. The number of amides is 2. The summed E-state index contributed by atoms with van der Waals surface area (Å²) in [5.74, 6) is 1.80. The number of hydrogen-bond donors (Lipinski definition) is 1. The van der Waals surface area contributed by atoms with E-state index >= 15 is 0 Å². The van der Waals surface area contributed by atoms with Gasteiger partial charge < -0.3 is 14.7 Å². The van der Waals surface area contributed by atoms with Crippen LogP contribution in [0.2, 0.25) is 0 Å². The summed E-state index contributed by atoms with van der Waals surface area (Å²) < 4.78 is 5.62. The molecular weight excluding hydrogens is 368 g/mol. The molecule has 3 atom stereocenters. The van der Waals surface area contributed by atoms with E-state index in [0.717, 1.165) is 38.5 Å². The van der Waals surface area contributed by atoms with Gasteiger partial charge in [0.2, 0.25) is 17.7 Å². The van der Waals surface area contributed by atoms with Crippen molar-refractivity contribution in [1.29, 1.82) is 0 Å². The molecule has 0 bridgehead atoms. The molecule has 2 aliphatic carbocycles. The first-order chi connectivity index (χ1) is 13.7. The van der Waals surface area contributed by atoms with Crippen molar-refractivity contribution in [2.75, 3.05) is 13.1 Å². The number of aromatic nitrogens is 2. The molecule has 0 radical (unpaired) electrons. The van der Waals surface area contributed by atoms with Gasteiger partial charge in [-0.1, -0.05) is 45.2 Å². The van der Waals surface area contributed by atoms with Gasteiger partial charge >= 0.3 is 0 Å². The maximum absolute atomic E-state index is 13.1. The number of rotatable bonds is 4. The maximum Gasteiger partial charge on any atom is 0.235 e. The first-order valence-corrected chi connectivity index (χ1v) is 11.1. The molecule has 160 valence electrons. The molecular formula is C22H34N4O3. The smallest absolute Gasteiger partial charge is 0.235 e. The van der Waals surface area contributed by atoms with Crippen LogP contribution < -0.4 is 5.32 Å². The third-order valence-electron chi connectivity index (χ3n) is 7.47. The Hall–Kier alpha value is -1.92. The fourth-order valence-electron chi connectivity index (χ4n) is 5.76. The molecule has 4 rings (SSSR count). The Bertz CT molecular complexity index is 783. The number of nitrogens with one attached hydrogen (secondary N) is 1. The zero-order chi connectivity index (χ0) is 20.8. The molecule has 3 aliphatic rings. The lowest BCUT2D eigenvalue weighted by molar-refractivity contribution is -0.134. The Morgan fingerprint density at radius 1 is 1.24 bits per heavy atom. The normalized spacial score (nSPS) is 31.1. The van der Waals surface area contributed by atoms with Gasteiger partial charge in [-0.15, -0.1) is 0 Å². The van der Waals surface area contributed by atoms with Crippen LogP contribution in [-0.2, 0) is 15.0 Å². The zero-order valence-corrected chi connectivity index (χ0v) is 18.2. The maximum atomic E-state index is 13.1. The Morgan fingerprint density at radius 3 is 2.59 bits per heavy atom. The highest BCUT2D eigenvalue weighted by molar-refractivity contribution is 5.82. The minimum absolute atomic E-state index is 0.0305. The molecule has 1 N–H and O–H groups in total. The molecule has 1 saturated heterocycles. The van der Waals surface area contributed by atoms with Crippen LogP contribution in [-0.4, -0.2) is 46.0 Å². The number of hydrogen-bond acceptors (Lipinski definition) is 5. The zero-order valence-electron chi connectivity index (χ0n) is 18.2. The second kappa shape index (κ2) is 7.40. The predicted molar refractivity (Wildman–Crippen MR) is 108 cm³/mol.